The zero-order chi connectivity index (χ0) is 24.9. The standard InChI is InChI=1S/C20H19I3N2O7S/c1-9(26)24-17-14(21)13(15(22)18(16(17)23)25(4)10(2)27)19(28)31-11(3)32-20(29)30-8-12-6-5-7-33-12/h5-7,11H,8H2,1-4H3,(H,24,26). The van der Waals surface area contributed by atoms with Gasteiger partial charge in [-0.15, -0.1) is 11.3 Å². The first-order valence-corrected chi connectivity index (χ1v) is 13.3. The van der Waals surface area contributed by atoms with Crippen molar-refractivity contribution >= 4 is 114 Å². The summed E-state index contributed by atoms with van der Waals surface area (Å²) < 4.78 is 16.8. The van der Waals surface area contributed by atoms with Gasteiger partial charge in [0.05, 0.1) is 27.6 Å². The van der Waals surface area contributed by atoms with Crippen molar-refractivity contribution < 1.29 is 33.4 Å². The van der Waals surface area contributed by atoms with Gasteiger partial charge >= 0.3 is 12.1 Å². The molecule has 0 saturated heterocycles. The lowest BCUT2D eigenvalue weighted by Gasteiger charge is -2.24. The largest absolute Gasteiger partial charge is 0.511 e. The van der Waals surface area contributed by atoms with Crippen molar-refractivity contribution in [3.63, 3.8) is 0 Å². The summed E-state index contributed by atoms with van der Waals surface area (Å²) in [6.07, 6.45) is -2.22. The maximum absolute atomic E-state index is 13.0. The average Bonchev–Trinajstić information content (AvgIpc) is 3.22. The van der Waals surface area contributed by atoms with Gasteiger partial charge in [0, 0.05) is 32.7 Å². The number of nitrogens with one attached hydrogen (secondary N) is 1. The van der Waals surface area contributed by atoms with Crippen LogP contribution in [0, 0.1) is 10.7 Å². The minimum Gasteiger partial charge on any atom is -0.428 e. The molecule has 0 aliphatic heterocycles. The van der Waals surface area contributed by atoms with Crippen LogP contribution < -0.4 is 10.2 Å². The number of anilines is 2. The number of rotatable bonds is 7. The summed E-state index contributed by atoms with van der Waals surface area (Å²) in [5, 5.41) is 4.56. The van der Waals surface area contributed by atoms with Gasteiger partial charge in [0.1, 0.15) is 6.61 Å². The maximum Gasteiger partial charge on any atom is 0.511 e. The quantitative estimate of drug-likeness (QED) is 0.228. The zero-order valence-corrected chi connectivity index (χ0v) is 25.2. The van der Waals surface area contributed by atoms with Gasteiger partial charge in [-0.1, -0.05) is 6.07 Å². The van der Waals surface area contributed by atoms with Crippen LogP contribution in [-0.2, 0) is 30.4 Å². The molecule has 1 heterocycles. The van der Waals surface area contributed by atoms with Crippen molar-refractivity contribution in [2.24, 2.45) is 0 Å². The summed E-state index contributed by atoms with van der Waals surface area (Å²) in [7, 11) is 1.57. The number of hydrogen-bond acceptors (Lipinski definition) is 8. The van der Waals surface area contributed by atoms with Crippen molar-refractivity contribution in [2.75, 3.05) is 17.3 Å². The van der Waals surface area contributed by atoms with Crippen molar-refractivity contribution in [1.82, 2.24) is 0 Å². The Morgan fingerprint density at radius 1 is 1.09 bits per heavy atom. The van der Waals surface area contributed by atoms with Gasteiger partial charge < -0.3 is 24.4 Å². The van der Waals surface area contributed by atoms with E-state index >= 15 is 0 Å². The number of ether oxygens (including phenoxy) is 3. The molecular formula is C20H19I3N2O7S. The summed E-state index contributed by atoms with van der Waals surface area (Å²) in [5.74, 6) is -1.39. The second-order valence-electron chi connectivity index (χ2n) is 6.51. The summed E-state index contributed by atoms with van der Waals surface area (Å²) >= 11 is 7.32. The highest BCUT2D eigenvalue weighted by Gasteiger charge is 2.30. The Labute approximate surface area is 235 Å². The van der Waals surface area contributed by atoms with E-state index in [2.05, 4.69) is 5.32 Å². The third-order valence-electron chi connectivity index (χ3n) is 4.05. The first-order chi connectivity index (χ1) is 15.4. The van der Waals surface area contributed by atoms with Gasteiger partial charge in [0.25, 0.3) is 0 Å². The van der Waals surface area contributed by atoms with Crippen LogP contribution in [0.5, 0.6) is 0 Å². The van der Waals surface area contributed by atoms with Gasteiger partial charge in [-0.05, 0) is 79.2 Å². The highest BCUT2D eigenvalue weighted by atomic mass is 127. The van der Waals surface area contributed by atoms with Crippen molar-refractivity contribution in [3.8, 4) is 0 Å². The molecule has 2 rings (SSSR count). The monoisotopic (exact) mass is 812 g/mol. The van der Waals surface area contributed by atoms with Crippen molar-refractivity contribution in [1.29, 1.82) is 0 Å². The van der Waals surface area contributed by atoms with Gasteiger partial charge in [-0.25, -0.2) is 9.59 Å². The van der Waals surface area contributed by atoms with E-state index < -0.39 is 18.4 Å². The summed E-state index contributed by atoms with van der Waals surface area (Å²) in [4.78, 5) is 51.0. The summed E-state index contributed by atoms with van der Waals surface area (Å²) in [6, 6.07) is 3.64. The molecule has 2 amide bonds. The lowest BCUT2D eigenvalue weighted by atomic mass is 10.1. The van der Waals surface area contributed by atoms with Crippen LogP contribution in [0.4, 0.5) is 16.2 Å². The SMILES string of the molecule is CC(=O)Nc1c(I)c(C(=O)OC(C)OC(=O)OCc2cccs2)c(I)c(N(C)C(C)=O)c1I. The summed E-state index contributed by atoms with van der Waals surface area (Å²) in [6.45, 7) is 4.16. The predicted molar refractivity (Wildman–Crippen MR) is 148 cm³/mol. The van der Waals surface area contributed by atoms with E-state index in [1.807, 2.05) is 85.3 Å². The number of carbonyl (C=O) groups excluding carboxylic acids is 4. The van der Waals surface area contributed by atoms with Crippen LogP contribution >= 0.6 is 79.1 Å². The Bertz CT molecular complexity index is 1080. The van der Waals surface area contributed by atoms with E-state index in [4.69, 9.17) is 14.2 Å². The third kappa shape index (κ3) is 7.38. The lowest BCUT2D eigenvalue weighted by molar-refractivity contribution is -0.116. The van der Waals surface area contributed by atoms with Gasteiger partial charge in [0.2, 0.25) is 18.1 Å². The minimum absolute atomic E-state index is 0.0465. The lowest BCUT2D eigenvalue weighted by Crippen LogP contribution is -2.28. The topological polar surface area (TPSA) is 111 Å². The number of esters is 1. The van der Waals surface area contributed by atoms with E-state index in [1.54, 1.807) is 7.05 Å². The molecular weight excluding hydrogens is 793 g/mol. The molecule has 33 heavy (non-hydrogen) atoms. The van der Waals surface area contributed by atoms with Crippen LogP contribution in [0.25, 0.3) is 0 Å². The molecule has 0 aliphatic rings. The number of carbonyl (C=O) groups is 4. The highest BCUT2D eigenvalue weighted by molar-refractivity contribution is 14.1. The van der Waals surface area contributed by atoms with Gasteiger partial charge in [0.15, 0.2) is 0 Å². The molecule has 9 nitrogen and oxygen atoms in total. The smallest absolute Gasteiger partial charge is 0.428 e. The van der Waals surface area contributed by atoms with E-state index in [0.717, 1.165) is 4.88 Å². The maximum atomic E-state index is 13.0. The fraction of sp³-hybridized carbons (Fsp3) is 0.300. The molecule has 178 valence electrons. The molecule has 1 atom stereocenters. The van der Waals surface area contributed by atoms with Crippen LogP contribution in [0.2, 0.25) is 0 Å². The molecule has 2 aromatic rings. The Balaban J connectivity index is 2.28. The molecule has 0 saturated carbocycles. The molecule has 0 radical (unpaired) electrons. The fourth-order valence-corrected chi connectivity index (χ4v) is 7.71. The predicted octanol–water partition coefficient (Wildman–Crippen LogP) is 5.36. The second kappa shape index (κ2) is 12.5. The highest BCUT2D eigenvalue weighted by Crippen LogP contribution is 2.40. The van der Waals surface area contributed by atoms with Crippen LogP contribution in [0.1, 0.15) is 36.0 Å². The van der Waals surface area contributed by atoms with E-state index in [-0.39, 0.29) is 24.0 Å². The number of thiophene rings is 1. The Kier molecular flexibility index (Phi) is 10.6. The van der Waals surface area contributed by atoms with Gasteiger partial charge in [-0.2, -0.15) is 0 Å². The Morgan fingerprint density at radius 2 is 1.76 bits per heavy atom. The van der Waals surface area contributed by atoms with Crippen molar-refractivity contribution in [2.45, 2.75) is 33.7 Å². The molecule has 0 fully saturated rings. The van der Waals surface area contributed by atoms with Crippen LogP contribution in [-0.4, -0.2) is 37.3 Å². The Morgan fingerprint density at radius 3 is 2.30 bits per heavy atom. The Hall–Kier alpha value is -1.21. The first kappa shape index (κ1) is 28.0. The fourth-order valence-electron chi connectivity index (χ4n) is 2.50. The molecule has 0 bridgehead atoms. The average molecular weight is 812 g/mol. The van der Waals surface area contributed by atoms with Gasteiger partial charge in [-0.3, -0.25) is 9.59 Å². The molecule has 0 spiro atoms. The number of benzene rings is 1. The molecule has 0 aliphatic carbocycles. The first-order valence-electron chi connectivity index (χ1n) is 9.23. The van der Waals surface area contributed by atoms with Crippen LogP contribution in [0.15, 0.2) is 17.5 Å². The second-order valence-corrected chi connectivity index (χ2v) is 10.8. The van der Waals surface area contributed by atoms with E-state index in [9.17, 15) is 19.2 Å². The number of hydrogen-bond donors (Lipinski definition) is 1. The van der Waals surface area contributed by atoms with Crippen LogP contribution in [0.3, 0.4) is 0 Å². The summed E-state index contributed by atoms with van der Waals surface area (Å²) in [5.41, 5.74) is 0.956. The van der Waals surface area contributed by atoms with Crippen molar-refractivity contribution in [3.05, 3.63) is 38.7 Å². The van der Waals surface area contributed by atoms with E-state index in [0.29, 0.717) is 22.1 Å². The van der Waals surface area contributed by atoms with E-state index in [1.165, 1.54) is 37.0 Å². The normalized spacial score (nSPS) is 11.4. The number of amides is 2. The molecule has 1 unspecified atom stereocenters. The molecule has 13 heteroatoms. The molecule has 1 aromatic heterocycles. The zero-order valence-electron chi connectivity index (χ0n) is 17.9. The molecule has 1 aromatic carbocycles. The molecule has 1 N–H and O–H groups in total. The number of nitrogens with zero attached hydrogens (tertiary/aromatic N) is 1. The third-order valence-corrected chi connectivity index (χ3v) is 8.08. The minimum atomic E-state index is -1.24. The number of halogens is 3.